The third kappa shape index (κ3) is 4.03. The molecule has 1 aromatic carbocycles. The fourth-order valence-corrected chi connectivity index (χ4v) is 1.50. The van der Waals surface area contributed by atoms with Gasteiger partial charge in [0.2, 0.25) is 0 Å². The van der Waals surface area contributed by atoms with Crippen molar-refractivity contribution in [2.45, 2.75) is 6.04 Å². The number of nitrogens with two attached hydrogens (primary N) is 1. The van der Waals surface area contributed by atoms with Crippen LogP contribution in [0.5, 0.6) is 0 Å². The Morgan fingerprint density at radius 3 is 2.71 bits per heavy atom. The second kappa shape index (κ2) is 6.04. The van der Waals surface area contributed by atoms with E-state index in [1.54, 1.807) is 0 Å². The first kappa shape index (κ1) is 14.0. The molecular weight excluding hydrogens is 300 g/mol. The summed E-state index contributed by atoms with van der Waals surface area (Å²) in [6.45, 7) is -0.737. The van der Waals surface area contributed by atoms with Crippen LogP contribution in [0.15, 0.2) is 16.6 Å². The highest BCUT2D eigenvalue weighted by Crippen LogP contribution is 2.23. The summed E-state index contributed by atoms with van der Waals surface area (Å²) in [4.78, 5) is 10.2. The number of aliphatic carboxylic acids is 1. The molecule has 1 aromatic rings. The summed E-state index contributed by atoms with van der Waals surface area (Å²) in [5.74, 6) is -2.47. The van der Waals surface area contributed by atoms with E-state index < -0.39 is 30.3 Å². The Morgan fingerprint density at radius 2 is 2.12 bits per heavy atom. The van der Waals surface area contributed by atoms with Crippen LogP contribution in [0.25, 0.3) is 0 Å². The van der Waals surface area contributed by atoms with Crippen LogP contribution in [-0.2, 0) is 9.53 Å². The second-order valence-corrected chi connectivity index (χ2v) is 4.16. The topological polar surface area (TPSA) is 72.5 Å². The molecule has 0 aromatic heterocycles. The minimum atomic E-state index is -1.15. The summed E-state index contributed by atoms with van der Waals surface area (Å²) < 4.78 is 31.3. The fraction of sp³-hybridized carbons (Fsp3) is 0.300. The van der Waals surface area contributed by atoms with Crippen LogP contribution >= 0.6 is 15.9 Å². The Morgan fingerprint density at radius 1 is 1.47 bits per heavy atom. The highest BCUT2D eigenvalue weighted by molar-refractivity contribution is 9.10. The lowest BCUT2D eigenvalue weighted by Crippen LogP contribution is -2.21. The van der Waals surface area contributed by atoms with Crippen LogP contribution in [0, 0.1) is 11.6 Å². The van der Waals surface area contributed by atoms with Gasteiger partial charge in [0, 0.05) is 5.56 Å². The van der Waals surface area contributed by atoms with Gasteiger partial charge in [-0.15, -0.1) is 0 Å². The first-order chi connectivity index (χ1) is 7.91. The quantitative estimate of drug-likeness (QED) is 0.814. The van der Waals surface area contributed by atoms with Crippen molar-refractivity contribution in [3.8, 4) is 0 Å². The van der Waals surface area contributed by atoms with Gasteiger partial charge in [0.05, 0.1) is 17.1 Å². The van der Waals surface area contributed by atoms with Crippen molar-refractivity contribution >= 4 is 21.9 Å². The van der Waals surface area contributed by atoms with E-state index in [2.05, 4.69) is 15.9 Å². The molecule has 0 radical (unpaired) electrons. The molecule has 7 heteroatoms. The van der Waals surface area contributed by atoms with Crippen LogP contribution in [0.3, 0.4) is 0 Å². The molecule has 0 heterocycles. The van der Waals surface area contributed by atoms with Gasteiger partial charge < -0.3 is 15.6 Å². The highest BCUT2D eigenvalue weighted by atomic mass is 79.9. The van der Waals surface area contributed by atoms with Gasteiger partial charge in [-0.3, -0.25) is 0 Å². The lowest BCUT2D eigenvalue weighted by molar-refractivity contribution is -0.142. The lowest BCUT2D eigenvalue weighted by atomic mass is 10.1. The highest BCUT2D eigenvalue weighted by Gasteiger charge is 2.15. The fourth-order valence-electron chi connectivity index (χ4n) is 1.19. The average molecular weight is 310 g/mol. The average Bonchev–Trinajstić information content (AvgIpc) is 2.22. The molecule has 1 rings (SSSR count). The molecule has 94 valence electrons. The molecule has 0 aliphatic rings. The number of carboxylic acid groups (broad SMARTS) is 1. The van der Waals surface area contributed by atoms with Crippen molar-refractivity contribution in [1.29, 1.82) is 0 Å². The number of rotatable bonds is 5. The Kier molecular flexibility index (Phi) is 4.98. The molecule has 0 aliphatic heterocycles. The van der Waals surface area contributed by atoms with E-state index in [-0.39, 0.29) is 16.6 Å². The summed E-state index contributed by atoms with van der Waals surface area (Å²) in [6, 6.07) is 0.993. The predicted octanol–water partition coefficient (Wildman–Crippen LogP) is 1.83. The monoisotopic (exact) mass is 309 g/mol. The molecule has 0 aliphatic carbocycles. The van der Waals surface area contributed by atoms with Crippen molar-refractivity contribution in [3.63, 3.8) is 0 Å². The molecule has 4 nitrogen and oxygen atoms in total. The van der Waals surface area contributed by atoms with E-state index >= 15 is 0 Å². The minimum Gasteiger partial charge on any atom is -0.480 e. The first-order valence-electron chi connectivity index (χ1n) is 4.61. The number of hydrogen-bond donors (Lipinski definition) is 2. The van der Waals surface area contributed by atoms with E-state index in [1.807, 2.05) is 0 Å². The zero-order valence-electron chi connectivity index (χ0n) is 8.62. The van der Waals surface area contributed by atoms with Crippen LogP contribution in [0.1, 0.15) is 11.6 Å². The Bertz CT molecular complexity index is 428. The summed E-state index contributed by atoms with van der Waals surface area (Å²) >= 11 is 2.84. The molecule has 0 saturated carbocycles. The molecule has 1 unspecified atom stereocenters. The number of benzene rings is 1. The maximum Gasteiger partial charge on any atom is 0.329 e. The Hall–Kier alpha value is -1.05. The SMILES string of the molecule is NC(COCC(=O)O)c1cc(F)c(Br)cc1F. The molecule has 0 saturated heterocycles. The summed E-state index contributed by atoms with van der Waals surface area (Å²) in [6.07, 6.45) is 0. The van der Waals surface area contributed by atoms with Crippen molar-refractivity contribution in [2.24, 2.45) is 5.73 Å². The molecule has 3 N–H and O–H groups in total. The normalized spacial score (nSPS) is 12.5. The van der Waals surface area contributed by atoms with E-state index in [0.29, 0.717) is 0 Å². The molecule has 17 heavy (non-hydrogen) atoms. The van der Waals surface area contributed by atoms with E-state index in [0.717, 1.165) is 12.1 Å². The van der Waals surface area contributed by atoms with Crippen molar-refractivity contribution in [1.82, 2.24) is 0 Å². The number of carbonyl (C=O) groups is 1. The van der Waals surface area contributed by atoms with Gasteiger partial charge in [-0.1, -0.05) is 0 Å². The molecular formula is C10H10BrF2NO3. The number of ether oxygens (including phenoxy) is 1. The van der Waals surface area contributed by atoms with Crippen LogP contribution in [0.2, 0.25) is 0 Å². The van der Waals surface area contributed by atoms with Crippen LogP contribution in [0.4, 0.5) is 8.78 Å². The van der Waals surface area contributed by atoms with Gasteiger partial charge in [-0.25, -0.2) is 13.6 Å². The molecule has 0 fully saturated rings. The molecule has 0 amide bonds. The largest absolute Gasteiger partial charge is 0.480 e. The second-order valence-electron chi connectivity index (χ2n) is 3.30. The smallest absolute Gasteiger partial charge is 0.329 e. The van der Waals surface area contributed by atoms with Gasteiger partial charge in [-0.05, 0) is 28.1 Å². The number of halogens is 3. The van der Waals surface area contributed by atoms with E-state index in [4.69, 9.17) is 15.6 Å². The standard InChI is InChI=1S/C10H10BrF2NO3/c11-6-2-7(12)5(1-8(6)13)9(14)3-17-4-10(15)16/h1-2,9H,3-4,14H2,(H,15,16). The third-order valence-electron chi connectivity index (χ3n) is 1.96. The minimum absolute atomic E-state index is 0.00240. The summed E-state index contributed by atoms with van der Waals surface area (Å²) in [7, 11) is 0. The summed E-state index contributed by atoms with van der Waals surface area (Å²) in [5, 5.41) is 8.33. The Balaban J connectivity index is 2.71. The number of carboxylic acids is 1. The zero-order chi connectivity index (χ0) is 13.0. The van der Waals surface area contributed by atoms with E-state index in [9.17, 15) is 13.6 Å². The maximum absolute atomic E-state index is 13.4. The van der Waals surface area contributed by atoms with Gasteiger partial charge in [0.25, 0.3) is 0 Å². The number of hydrogen-bond acceptors (Lipinski definition) is 3. The van der Waals surface area contributed by atoms with Gasteiger partial charge in [-0.2, -0.15) is 0 Å². The maximum atomic E-state index is 13.4. The predicted molar refractivity (Wildman–Crippen MR) is 59.4 cm³/mol. The van der Waals surface area contributed by atoms with Gasteiger partial charge in [0.15, 0.2) is 0 Å². The van der Waals surface area contributed by atoms with E-state index in [1.165, 1.54) is 0 Å². The van der Waals surface area contributed by atoms with Crippen LogP contribution < -0.4 is 5.73 Å². The van der Waals surface area contributed by atoms with Crippen molar-refractivity contribution in [3.05, 3.63) is 33.8 Å². The zero-order valence-corrected chi connectivity index (χ0v) is 10.2. The van der Waals surface area contributed by atoms with Gasteiger partial charge >= 0.3 is 5.97 Å². The van der Waals surface area contributed by atoms with Gasteiger partial charge in [0.1, 0.15) is 18.2 Å². The summed E-state index contributed by atoms with van der Waals surface area (Å²) in [5.41, 5.74) is 5.50. The molecule has 1 atom stereocenters. The molecule has 0 bridgehead atoms. The van der Waals surface area contributed by atoms with Crippen molar-refractivity contribution < 1.29 is 23.4 Å². The Labute approximate surface area is 104 Å². The lowest BCUT2D eigenvalue weighted by Gasteiger charge is -2.13. The third-order valence-corrected chi connectivity index (χ3v) is 2.57. The first-order valence-corrected chi connectivity index (χ1v) is 5.40. The van der Waals surface area contributed by atoms with Crippen LogP contribution in [-0.4, -0.2) is 24.3 Å². The molecule has 0 spiro atoms. The van der Waals surface area contributed by atoms with Crippen molar-refractivity contribution in [2.75, 3.05) is 13.2 Å².